The van der Waals surface area contributed by atoms with Crippen LogP contribution in [0.1, 0.15) is 26.3 Å². The van der Waals surface area contributed by atoms with E-state index in [1.165, 1.54) is 0 Å². The van der Waals surface area contributed by atoms with Gasteiger partial charge in [-0.15, -0.1) is 0 Å². The Morgan fingerprint density at radius 2 is 1.71 bits per heavy atom. The molecule has 0 aromatic heterocycles. The van der Waals surface area contributed by atoms with E-state index in [2.05, 4.69) is 64.0 Å². The van der Waals surface area contributed by atoms with Gasteiger partial charge >= 0.3 is 0 Å². The predicted molar refractivity (Wildman–Crippen MR) is 95.0 cm³/mol. The third-order valence-electron chi connectivity index (χ3n) is 2.89. The Kier molecular flexibility index (Phi) is 5.47. The molecule has 0 amide bonds. The molecule has 0 aliphatic heterocycles. The van der Waals surface area contributed by atoms with Crippen LogP contribution in [0, 0.1) is 0 Å². The maximum atomic E-state index is 6.07. The van der Waals surface area contributed by atoms with Gasteiger partial charge in [0.25, 0.3) is 0 Å². The van der Waals surface area contributed by atoms with Gasteiger partial charge in [-0.25, -0.2) is 0 Å². The summed E-state index contributed by atoms with van der Waals surface area (Å²) in [6.45, 7) is 7.22. The first-order chi connectivity index (χ1) is 9.85. The van der Waals surface area contributed by atoms with E-state index in [1.54, 1.807) is 0 Å². The Bertz CT molecular complexity index is 620. The second-order valence-corrected chi connectivity index (χ2v) is 7.66. The Hall–Kier alpha value is -0.840. The third kappa shape index (κ3) is 5.13. The highest BCUT2D eigenvalue weighted by molar-refractivity contribution is 9.10. The minimum absolute atomic E-state index is 0.0671. The predicted octanol–water partition coefficient (Wildman–Crippen LogP) is 5.89. The van der Waals surface area contributed by atoms with Crippen molar-refractivity contribution in [1.29, 1.82) is 0 Å². The zero-order valence-corrected chi connectivity index (χ0v) is 15.6. The van der Waals surface area contributed by atoms with Crippen LogP contribution in [-0.4, -0.2) is 5.54 Å². The summed E-state index contributed by atoms with van der Waals surface area (Å²) in [5, 5.41) is 3.49. The summed E-state index contributed by atoms with van der Waals surface area (Å²) in [5.41, 5.74) is 1.20. The first-order valence-corrected chi connectivity index (χ1v) is 8.39. The molecule has 0 saturated carbocycles. The van der Waals surface area contributed by atoms with Crippen LogP contribution in [0.3, 0.4) is 0 Å². The molecule has 0 fully saturated rings. The van der Waals surface area contributed by atoms with Gasteiger partial charge < -0.3 is 10.1 Å². The van der Waals surface area contributed by atoms with Crippen molar-refractivity contribution in [3.63, 3.8) is 0 Å². The fourth-order valence-corrected chi connectivity index (χ4v) is 2.48. The van der Waals surface area contributed by atoms with Crippen molar-refractivity contribution in [1.82, 2.24) is 5.32 Å². The maximum absolute atomic E-state index is 6.07. The van der Waals surface area contributed by atoms with E-state index in [1.807, 2.05) is 36.4 Å². The Labute approximate surface area is 143 Å². The van der Waals surface area contributed by atoms with Crippen molar-refractivity contribution in [2.45, 2.75) is 32.9 Å². The molecule has 0 spiro atoms. The van der Waals surface area contributed by atoms with Gasteiger partial charge in [0.2, 0.25) is 0 Å². The summed E-state index contributed by atoms with van der Waals surface area (Å²) in [6, 6.07) is 14.0. The average molecular weight is 413 g/mol. The quantitative estimate of drug-likeness (QED) is 0.675. The second kappa shape index (κ2) is 6.95. The number of para-hydroxylation sites is 1. The molecule has 21 heavy (non-hydrogen) atoms. The van der Waals surface area contributed by atoms with Crippen LogP contribution in [0.25, 0.3) is 0 Å². The monoisotopic (exact) mass is 411 g/mol. The molecule has 2 nitrogen and oxygen atoms in total. The molecule has 2 aromatic rings. The van der Waals surface area contributed by atoms with Gasteiger partial charge in [-0.05, 0) is 61.0 Å². The molecule has 1 N–H and O–H groups in total. The molecule has 112 valence electrons. The van der Waals surface area contributed by atoms with Crippen molar-refractivity contribution in [2.24, 2.45) is 0 Å². The molecule has 0 radical (unpaired) electrons. The highest BCUT2D eigenvalue weighted by atomic mass is 79.9. The van der Waals surface area contributed by atoms with Gasteiger partial charge in [0.15, 0.2) is 0 Å². The lowest BCUT2D eigenvalue weighted by Crippen LogP contribution is -2.35. The molecule has 2 aromatic carbocycles. The van der Waals surface area contributed by atoms with Crippen LogP contribution >= 0.6 is 31.9 Å². The number of hydrogen-bond acceptors (Lipinski definition) is 2. The summed E-state index contributed by atoms with van der Waals surface area (Å²) in [4.78, 5) is 0. The number of benzene rings is 2. The zero-order valence-electron chi connectivity index (χ0n) is 12.4. The van der Waals surface area contributed by atoms with Crippen LogP contribution < -0.4 is 10.1 Å². The highest BCUT2D eigenvalue weighted by Crippen LogP contribution is 2.33. The number of rotatable bonds is 4. The third-order valence-corrected chi connectivity index (χ3v) is 4.04. The van der Waals surface area contributed by atoms with Crippen molar-refractivity contribution in [3.8, 4) is 11.5 Å². The van der Waals surface area contributed by atoms with Crippen molar-refractivity contribution in [3.05, 3.63) is 57.0 Å². The van der Waals surface area contributed by atoms with Crippen LogP contribution in [0.5, 0.6) is 11.5 Å². The van der Waals surface area contributed by atoms with Crippen molar-refractivity contribution < 1.29 is 4.74 Å². The average Bonchev–Trinajstić information content (AvgIpc) is 2.39. The van der Waals surface area contributed by atoms with Gasteiger partial charge in [-0.1, -0.05) is 34.1 Å². The number of ether oxygens (including phenoxy) is 1. The Balaban J connectivity index is 2.25. The van der Waals surface area contributed by atoms with E-state index < -0.39 is 0 Å². The van der Waals surface area contributed by atoms with Crippen LogP contribution in [0.2, 0.25) is 0 Å². The van der Waals surface area contributed by atoms with Gasteiger partial charge in [0.05, 0.1) is 4.47 Å². The maximum Gasteiger partial charge on any atom is 0.141 e. The number of nitrogens with one attached hydrogen (secondary N) is 1. The number of halogens is 2. The van der Waals surface area contributed by atoms with Crippen molar-refractivity contribution in [2.75, 3.05) is 0 Å². The van der Waals surface area contributed by atoms with E-state index in [0.29, 0.717) is 0 Å². The minimum atomic E-state index is 0.0671. The SMILES string of the molecule is CC(C)(C)NCc1ccc(Br)cc1Oc1ccccc1Br. The van der Waals surface area contributed by atoms with E-state index in [-0.39, 0.29) is 5.54 Å². The zero-order chi connectivity index (χ0) is 15.5. The molecule has 0 unspecified atom stereocenters. The molecule has 0 heterocycles. The Morgan fingerprint density at radius 3 is 2.38 bits per heavy atom. The van der Waals surface area contributed by atoms with Gasteiger partial charge in [-0.3, -0.25) is 0 Å². The topological polar surface area (TPSA) is 21.3 Å². The van der Waals surface area contributed by atoms with Crippen LogP contribution in [0.4, 0.5) is 0 Å². The summed E-state index contributed by atoms with van der Waals surface area (Å²) < 4.78 is 8.02. The fourth-order valence-electron chi connectivity index (χ4n) is 1.78. The smallest absolute Gasteiger partial charge is 0.141 e. The second-order valence-electron chi connectivity index (χ2n) is 5.89. The summed E-state index contributed by atoms with van der Waals surface area (Å²) in [5.74, 6) is 1.67. The number of hydrogen-bond donors (Lipinski definition) is 1. The van der Waals surface area contributed by atoms with E-state index in [4.69, 9.17) is 4.74 Å². The molecular formula is C17H19Br2NO. The fraction of sp³-hybridized carbons (Fsp3) is 0.294. The molecule has 0 aliphatic rings. The highest BCUT2D eigenvalue weighted by Gasteiger charge is 2.12. The molecular weight excluding hydrogens is 394 g/mol. The van der Waals surface area contributed by atoms with Crippen molar-refractivity contribution >= 4 is 31.9 Å². The summed E-state index contributed by atoms with van der Waals surface area (Å²) in [7, 11) is 0. The lowest BCUT2D eigenvalue weighted by Gasteiger charge is -2.22. The van der Waals surface area contributed by atoms with Crippen LogP contribution in [-0.2, 0) is 6.54 Å². The van der Waals surface area contributed by atoms with E-state index in [0.717, 1.165) is 32.6 Å². The Morgan fingerprint density at radius 1 is 1.00 bits per heavy atom. The lowest BCUT2D eigenvalue weighted by atomic mass is 10.1. The van der Waals surface area contributed by atoms with E-state index >= 15 is 0 Å². The summed E-state index contributed by atoms with van der Waals surface area (Å²) in [6.07, 6.45) is 0. The molecule has 0 bridgehead atoms. The largest absolute Gasteiger partial charge is 0.456 e. The molecule has 2 rings (SSSR count). The first kappa shape index (κ1) is 16.5. The van der Waals surface area contributed by atoms with Gasteiger partial charge in [0, 0.05) is 22.1 Å². The van der Waals surface area contributed by atoms with Gasteiger partial charge in [0.1, 0.15) is 11.5 Å². The van der Waals surface area contributed by atoms with Gasteiger partial charge in [-0.2, -0.15) is 0 Å². The lowest BCUT2D eigenvalue weighted by molar-refractivity contribution is 0.414. The van der Waals surface area contributed by atoms with E-state index in [9.17, 15) is 0 Å². The molecule has 0 atom stereocenters. The first-order valence-electron chi connectivity index (χ1n) is 6.81. The molecule has 0 aliphatic carbocycles. The molecule has 0 saturated heterocycles. The summed E-state index contributed by atoms with van der Waals surface area (Å²) >= 11 is 7.02. The standard InChI is InChI=1S/C17H19Br2NO/c1-17(2,3)20-11-12-8-9-13(18)10-16(12)21-15-7-5-4-6-14(15)19/h4-10,20H,11H2,1-3H3. The molecule has 4 heteroatoms. The van der Waals surface area contributed by atoms with Crippen LogP contribution in [0.15, 0.2) is 51.4 Å². The minimum Gasteiger partial charge on any atom is -0.456 e. The normalized spacial score (nSPS) is 11.5.